The number of anilines is 1. The van der Waals surface area contributed by atoms with Gasteiger partial charge in [-0.15, -0.1) is 0 Å². The number of nitrogens with zero attached hydrogens (tertiary/aromatic N) is 2. The summed E-state index contributed by atoms with van der Waals surface area (Å²) in [4.78, 5) is 15.5. The fourth-order valence-electron chi connectivity index (χ4n) is 4.39. The van der Waals surface area contributed by atoms with Crippen LogP contribution in [-0.2, 0) is 21.2 Å². The molecule has 0 radical (unpaired) electrons. The summed E-state index contributed by atoms with van der Waals surface area (Å²) < 4.78 is 33.8. The number of hydrogen-bond donors (Lipinski definition) is 0. The Morgan fingerprint density at radius 2 is 1.90 bits per heavy atom. The highest BCUT2D eigenvalue weighted by Crippen LogP contribution is 2.36. The van der Waals surface area contributed by atoms with E-state index < -0.39 is 10.0 Å². The van der Waals surface area contributed by atoms with Crippen molar-refractivity contribution in [2.75, 3.05) is 25.1 Å². The van der Waals surface area contributed by atoms with E-state index in [0.717, 1.165) is 22.1 Å². The van der Waals surface area contributed by atoms with Crippen molar-refractivity contribution >= 4 is 37.5 Å². The molecule has 1 saturated heterocycles. The fraction of sp³-hybridized carbons (Fsp3) is 0.409. The fourth-order valence-corrected chi connectivity index (χ4v) is 6.32. The minimum atomic E-state index is -3.66. The normalized spacial score (nSPS) is 22.0. The van der Waals surface area contributed by atoms with Crippen LogP contribution in [0.1, 0.15) is 25.3 Å². The Hall–Kier alpha value is -1.90. The molecule has 160 valence electrons. The summed E-state index contributed by atoms with van der Waals surface area (Å²) in [5.74, 6) is 0.274. The van der Waals surface area contributed by atoms with Crippen LogP contribution in [0.4, 0.5) is 5.69 Å². The SMILES string of the molecule is COc1ccc(S(=O)(=O)N2CCC[C@@H](C(=O)N3c4ccc(Br)cc4C[C@H]3C)C2)cc1. The number of benzene rings is 2. The smallest absolute Gasteiger partial charge is 0.243 e. The van der Waals surface area contributed by atoms with Gasteiger partial charge in [-0.1, -0.05) is 15.9 Å². The number of fused-ring (bicyclic) bond motifs is 1. The van der Waals surface area contributed by atoms with Gasteiger partial charge in [0.15, 0.2) is 0 Å². The Kier molecular flexibility index (Phi) is 5.92. The zero-order valence-corrected chi connectivity index (χ0v) is 19.4. The van der Waals surface area contributed by atoms with Gasteiger partial charge in [0, 0.05) is 29.3 Å². The predicted octanol–water partition coefficient (Wildman–Crippen LogP) is 3.84. The molecule has 30 heavy (non-hydrogen) atoms. The summed E-state index contributed by atoms with van der Waals surface area (Å²) in [6.45, 7) is 2.68. The molecule has 2 heterocycles. The molecule has 0 spiro atoms. The van der Waals surface area contributed by atoms with Crippen LogP contribution in [0.15, 0.2) is 51.8 Å². The average molecular weight is 493 g/mol. The lowest BCUT2D eigenvalue weighted by molar-refractivity contribution is -0.123. The Balaban J connectivity index is 1.55. The Morgan fingerprint density at radius 1 is 1.17 bits per heavy atom. The van der Waals surface area contributed by atoms with Gasteiger partial charge in [-0.25, -0.2) is 8.42 Å². The molecule has 1 fully saturated rings. The Labute approximate surface area is 186 Å². The number of rotatable bonds is 4. The largest absolute Gasteiger partial charge is 0.497 e. The Morgan fingerprint density at radius 3 is 2.60 bits per heavy atom. The molecule has 1 amide bonds. The molecule has 0 aliphatic carbocycles. The number of halogens is 1. The molecule has 6 nitrogen and oxygen atoms in total. The molecule has 0 bridgehead atoms. The van der Waals surface area contributed by atoms with Gasteiger partial charge in [-0.05, 0) is 74.2 Å². The van der Waals surface area contributed by atoms with Crippen LogP contribution >= 0.6 is 15.9 Å². The summed E-state index contributed by atoms with van der Waals surface area (Å²) in [5, 5.41) is 0. The molecular weight excluding hydrogens is 468 g/mol. The number of ether oxygens (including phenoxy) is 1. The van der Waals surface area contributed by atoms with Gasteiger partial charge in [0.1, 0.15) is 5.75 Å². The number of sulfonamides is 1. The van der Waals surface area contributed by atoms with Gasteiger partial charge in [0.25, 0.3) is 0 Å². The maximum Gasteiger partial charge on any atom is 0.243 e. The number of carbonyl (C=O) groups is 1. The number of piperidine rings is 1. The lowest BCUT2D eigenvalue weighted by Gasteiger charge is -2.34. The molecule has 2 aromatic carbocycles. The molecule has 0 saturated carbocycles. The van der Waals surface area contributed by atoms with E-state index in [1.165, 1.54) is 4.31 Å². The summed E-state index contributed by atoms with van der Waals surface area (Å²) in [5.41, 5.74) is 2.08. The van der Waals surface area contributed by atoms with Crippen LogP contribution in [0.25, 0.3) is 0 Å². The first-order valence-corrected chi connectivity index (χ1v) is 12.3. The monoisotopic (exact) mass is 492 g/mol. The second-order valence-electron chi connectivity index (χ2n) is 7.91. The van der Waals surface area contributed by atoms with Crippen LogP contribution in [0.5, 0.6) is 5.75 Å². The molecule has 2 aromatic rings. The van der Waals surface area contributed by atoms with Crippen LogP contribution < -0.4 is 9.64 Å². The van der Waals surface area contributed by atoms with Crippen molar-refractivity contribution < 1.29 is 17.9 Å². The van der Waals surface area contributed by atoms with Crippen LogP contribution in [0, 0.1) is 5.92 Å². The molecule has 8 heteroatoms. The van der Waals surface area contributed by atoms with Crippen molar-refractivity contribution in [3.63, 3.8) is 0 Å². The van der Waals surface area contributed by atoms with Crippen molar-refractivity contribution in [3.05, 3.63) is 52.5 Å². The van der Waals surface area contributed by atoms with E-state index in [-0.39, 0.29) is 29.3 Å². The first kappa shape index (κ1) is 21.3. The van der Waals surface area contributed by atoms with Gasteiger partial charge in [0.05, 0.1) is 17.9 Å². The second kappa shape index (κ2) is 8.32. The molecule has 2 aliphatic rings. The summed E-state index contributed by atoms with van der Waals surface area (Å²) in [6.07, 6.45) is 2.17. The third kappa shape index (κ3) is 3.88. The second-order valence-corrected chi connectivity index (χ2v) is 10.8. The first-order chi connectivity index (χ1) is 14.3. The predicted molar refractivity (Wildman–Crippen MR) is 119 cm³/mol. The molecule has 0 unspecified atom stereocenters. The topological polar surface area (TPSA) is 66.9 Å². The lowest BCUT2D eigenvalue weighted by atomic mass is 9.97. The number of hydrogen-bond acceptors (Lipinski definition) is 4. The van der Waals surface area contributed by atoms with E-state index >= 15 is 0 Å². The average Bonchev–Trinajstić information content (AvgIpc) is 3.08. The number of methoxy groups -OCH3 is 1. The van der Waals surface area contributed by atoms with Gasteiger partial charge >= 0.3 is 0 Å². The Bertz CT molecular complexity index is 1060. The van der Waals surface area contributed by atoms with E-state index in [9.17, 15) is 13.2 Å². The van der Waals surface area contributed by atoms with Crippen molar-refractivity contribution in [3.8, 4) is 5.75 Å². The van der Waals surface area contributed by atoms with Crippen LogP contribution in [0.2, 0.25) is 0 Å². The highest BCUT2D eigenvalue weighted by atomic mass is 79.9. The standard InChI is InChI=1S/C22H25BrN2O4S/c1-15-12-17-13-18(23)5-10-21(17)25(15)22(26)16-4-3-11-24(14-16)30(27,28)20-8-6-19(29-2)7-9-20/h5-10,13,15-16H,3-4,11-12,14H2,1-2H3/t15-,16-/m1/s1. The highest BCUT2D eigenvalue weighted by molar-refractivity contribution is 9.10. The lowest BCUT2D eigenvalue weighted by Crippen LogP contribution is -2.48. The molecule has 2 aliphatic heterocycles. The molecule has 0 aromatic heterocycles. The van der Waals surface area contributed by atoms with Gasteiger partial charge in [-0.2, -0.15) is 4.31 Å². The van der Waals surface area contributed by atoms with E-state index in [1.807, 2.05) is 24.0 Å². The first-order valence-electron chi connectivity index (χ1n) is 10.1. The van der Waals surface area contributed by atoms with Crippen LogP contribution in [-0.4, -0.2) is 44.9 Å². The molecular formula is C22H25BrN2O4S. The maximum atomic E-state index is 13.4. The zero-order chi connectivity index (χ0) is 21.5. The maximum absolute atomic E-state index is 13.4. The van der Waals surface area contributed by atoms with Gasteiger partial charge < -0.3 is 9.64 Å². The van der Waals surface area contributed by atoms with Gasteiger partial charge in [0.2, 0.25) is 15.9 Å². The van der Waals surface area contributed by atoms with E-state index in [1.54, 1.807) is 31.4 Å². The highest BCUT2D eigenvalue weighted by Gasteiger charge is 2.39. The van der Waals surface area contributed by atoms with E-state index in [0.29, 0.717) is 25.1 Å². The quantitative estimate of drug-likeness (QED) is 0.650. The van der Waals surface area contributed by atoms with E-state index in [4.69, 9.17) is 4.74 Å². The number of carbonyl (C=O) groups excluding carboxylic acids is 1. The summed E-state index contributed by atoms with van der Waals surface area (Å²) in [7, 11) is -2.11. The molecule has 4 rings (SSSR count). The minimum absolute atomic E-state index is 0.0122. The molecule has 2 atom stereocenters. The van der Waals surface area contributed by atoms with Crippen molar-refractivity contribution in [1.82, 2.24) is 4.31 Å². The zero-order valence-electron chi connectivity index (χ0n) is 17.0. The molecule has 0 N–H and O–H groups in total. The summed E-state index contributed by atoms with van der Waals surface area (Å²) in [6, 6.07) is 12.4. The number of amides is 1. The minimum Gasteiger partial charge on any atom is -0.497 e. The third-order valence-corrected chi connectivity index (χ3v) is 8.30. The van der Waals surface area contributed by atoms with E-state index in [2.05, 4.69) is 22.0 Å². The third-order valence-electron chi connectivity index (χ3n) is 5.93. The van der Waals surface area contributed by atoms with Crippen LogP contribution in [0.3, 0.4) is 0 Å². The van der Waals surface area contributed by atoms with Crippen molar-refractivity contribution in [2.45, 2.75) is 37.1 Å². The van der Waals surface area contributed by atoms with Crippen molar-refractivity contribution in [1.29, 1.82) is 0 Å². The van der Waals surface area contributed by atoms with Gasteiger partial charge in [-0.3, -0.25) is 4.79 Å². The summed E-state index contributed by atoms with van der Waals surface area (Å²) >= 11 is 3.49. The van der Waals surface area contributed by atoms with Crippen molar-refractivity contribution in [2.24, 2.45) is 5.92 Å².